The van der Waals surface area contributed by atoms with Crippen LogP contribution in [0.4, 0.5) is 5.69 Å². The Morgan fingerprint density at radius 1 is 1.33 bits per heavy atom. The lowest BCUT2D eigenvalue weighted by molar-refractivity contribution is -0.121. The van der Waals surface area contributed by atoms with Crippen molar-refractivity contribution in [3.63, 3.8) is 0 Å². The van der Waals surface area contributed by atoms with E-state index in [1.54, 1.807) is 0 Å². The van der Waals surface area contributed by atoms with E-state index in [1.165, 1.54) is 0 Å². The van der Waals surface area contributed by atoms with Gasteiger partial charge in [0.1, 0.15) is 0 Å². The van der Waals surface area contributed by atoms with E-state index in [9.17, 15) is 4.79 Å². The number of pyridine rings is 1. The third kappa shape index (κ3) is 4.01. The van der Waals surface area contributed by atoms with Gasteiger partial charge in [-0.2, -0.15) is 0 Å². The average Bonchev–Trinajstić information content (AvgIpc) is 2.59. The number of rotatable bonds is 4. The van der Waals surface area contributed by atoms with Crippen molar-refractivity contribution in [3.05, 3.63) is 59.4 Å². The number of nitrogens with zero attached hydrogens (tertiary/aromatic N) is 1. The number of carbonyl (C=O) groups is 1. The maximum absolute atomic E-state index is 12.6. The molecular weight excluding hydrogens is 298 g/mol. The molecule has 0 radical (unpaired) electrons. The van der Waals surface area contributed by atoms with Crippen LogP contribution in [0.1, 0.15) is 36.6 Å². The van der Waals surface area contributed by atoms with Crippen molar-refractivity contribution in [1.29, 1.82) is 0 Å². The minimum atomic E-state index is 0.0394. The lowest BCUT2D eigenvalue weighted by Crippen LogP contribution is -2.44. The molecule has 3 rings (SSSR count). The van der Waals surface area contributed by atoms with Crippen molar-refractivity contribution in [2.45, 2.75) is 39.2 Å². The molecule has 0 bridgehead atoms. The zero-order valence-electron chi connectivity index (χ0n) is 14.4. The third-order valence-electron chi connectivity index (χ3n) is 4.77. The fraction of sp³-hybridized carbons (Fsp3) is 0.400. The van der Waals surface area contributed by atoms with Crippen LogP contribution < -0.4 is 10.6 Å². The summed E-state index contributed by atoms with van der Waals surface area (Å²) in [4.78, 5) is 17.0. The zero-order valence-corrected chi connectivity index (χ0v) is 14.4. The van der Waals surface area contributed by atoms with E-state index in [4.69, 9.17) is 0 Å². The minimum Gasteiger partial charge on any atom is -0.326 e. The van der Waals surface area contributed by atoms with Crippen molar-refractivity contribution < 1.29 is 4.79 Å². The predicted octanol–water partition coefficient (Wildman–Crippen LogP) is 3.31. The Bertz CT molecular complexity index is 699. The number of anilines is 1. The molecule has 0 unspecified atom stereocenters. The maximum atomic E-state index is 12.6. The van der Waals surface area contributed by atoms with Gasteiger partial charge < -0.3 is 10.6 Å². The Hall–Kier alpha value is -2.20. The van der Waals surface area contributed by atoms with Gasteiger partial charge in [0, 0.05) is 30.0 Å². The van der Waals surface area contributed by atoms with Crippen LogP contribution in [0.5, 0.6) is 0 Å². The van der Waals surface area contributed by atoms with Crippen LogP contribution in [-0.2, 0) is 11.2 Å². The molecule has 0 spiro atoms. The predicted molar refractivity (Wildman–Crippen MR) is 97.0 cm³/mol. The maximum Gasteiger partial charge on any atom is 0.229 e. The fourth-order valence-corrected chi connectivity index (χ4v) is 3.25. The molecule has 1 fully saturated rings. The molecule has 2 N–H and O–H groups in total. The van der Waals surface area contributed by atoms with Crippen LogP contribution >= 0.6 is 0 Å². The summed E-state index contributed by atoms with van der Waals surface area (Å²) in [6, 6.07) is 12.4. The van der Waals surface area contributed by atoms with Gasteiger partial charge in [-0.1, -0.05) is 18.2 Å². The molecule has 1 aromatic carbocycles. The second-order valence-electron chi connectivity index (χ2n) is 6.63. The van der Waals surface area contributed by atoms with Gasteiger partial charge in [-0.25, -0.2) is 0 Å². The number of hydrogen-bond acceptors (Lipinski definition) is 3. The van der Waals surface area contributed by atoms with E-state index in [2.05, 4.69) is 40.7 Å². The van der Waals surface area contributed by atoms with Gasteiger partial charge in [0.25, 0.3) is 0 Å². The Balaban J connectivity index is 1.73. The first-order chi connectivity index (χ1) is 11.6. The first-order valence-electron chi connectivity index (χ1n) is 8.67. The average molecular weight is 323 g/mol. The topological polar surface area (TPSA) is 54.0 Å². The number of hydrogen-bond donors (Lipinski definition) is 2. The van der Waals surface area contributed by atoms with E-state index < -0.39 is 0 Å². The van der Waals surface area contributed by atoms with Crippen molar-refractivity contribution in [1.82, 2.24) is 10.3 Å². The summed E-state index contributed by atoms with van der Waals surface area (Å²) in [6.45, 7) is 5.13. The summed E-state index contributed by atoms with van der Waals surface area (Å²) in [5, 5.41) is 6.53. The number of amides is 1. The molecule has 24 heavy (non-hydrogen) atoms. The second kappa shape index (κ2) is 7.58. The monoisotopic (exact) mass is 323 g/mol. The first-order valence-corrected chi connectivity index (χ1v) is 8.67. The van der Waals surface area contributed by atoms with Gasteiger partial charge in [-0.3, -0.25) is 9.78 Å². The van der Waals surface area contributed by atoms with E-state index in [1.807, 2.05) is 31.3 Å². The molecule has 4 heteroatoms. The molecule has 2 aromatic rings. The first kappa shape index (κ1) is 16.7. The zero-order chi connectivity index (χ0) is 16.9. The highest BCUT2D eigenvalue weighted by Gasteiger charge is 2.27. The molecule has 2 heterocycles. The van der Waals surface area contributed by atoms with Crippen LogP contribution in [0, 0.1) is 12.8 Å². The quantitative estimate of drug-likeness (QED) is 0.907. The molecule has 1 aliphatic rings. The largest absolute Gasteiger partial charge is 0.326 e. The Morgan fingerprint density at radius 2 is 2.21 bits per heavy atom. The normalized spacial score (nSPS) is 20.6. The van der Waals surface area contributed by atoms with Crippen LogP contribution in [0.2, 0.25) is 0 Å². The Kier molecular flexibility index (Phi) is 5.26. The number of nitrogens with one attached hydrogen (secondary N) is 2. The number of benzene rings is 1. The molecule has 0 aliphatic carbocycles. The molecule has 1 amide bonds. The molecule has 2 atom stereocenters. The Morgan fingerprint density at radius 3 is 2.96 bits per heavy atom. The third-order valence-corrected chi connectivity index (χ3v) is 4.77. The smallest absolute Gasteiger partial charge is 0.229 e. The summed E-state index contributed by atoms with van der Waals surface area (Å²) in [5.74, 6) is 0.158. The lowest BCUT2D eigenvalue weighted by Gasteiger charge is -2.29. The van der Waals surface area contributed by atoms with Crippen LogP contribution in [-0.4, -0.2) is 23.5 Å². The van der Waals surface area contributed by atoms with Crippen molar-refractivity contribution in [3.8, 4) is 0 Å². The van der Waals surface area contributed by atoms with E-state index in [0.717, 1.165) is 48.3 Å². The summed E-state index contributed by atoms with van der Waals surface area (Å²) in [7, 11) is 0. The summed E-state index contributed by atoms with van der Waals surface area (Å²) in [6.07, 6.45) is 4.59. The van der Waals surface area contributed by atoms with E-state index in [0.29, 0.717) is 0 Å². The molecule has 0 saturated carbocycles. The SMILES string of the molecule is Cc1ccc(Cc2ccccn2)cc1NC(=O)[C@@H]1CCCN[C@@H]1C. The molecule has 1 aliphatic heterocycles. The molecule has 4 nitrogen and oxygen atoms in total. The highest BCUT2D eigenvalue weighted by Crippen LogP contribution is 2.22. The van der Waals surface area contributed by atoms with Gasteiger partial charge in [0.15, 0.2) is 0 Å². The van der Waals surface area contributed by atoms with Crippen molar-refractivity contribution in [2.75, 3.05) is 11.9 Å². The van der Waals surface area contributed by atoms with Gasteiger partial charge in [0.05, 0.1) is 5.92 Å². The minimum absolute atomic E-state index is 0.0394. The molecule has 126 valence electrons. The standard InChI is InChI=1S/C20H25N3O/c1-14-8-9-16(12-17-6-3-4-10-22-17)13-19(14)23-20(24)18-7-5-11-21-15(18)2/h3-4,6,8-10,13,15,18,21H,5,7,11-12H2,1-2H3,(H,23,24)/t15-,18-/m1/s1. The number of aryl methyl sites for hydroxylation is 1. The van der Waals surface area contributed by atoms with Crippen LogP contribution in [0.3, 0.4) is 0 Å². The molecule has 1 aromatic heterocycles. The lowest BCUT2D eigenvalue weighted by atomic mass is 9.91. The second-order valence-corrected chi connectivity index (χ2v) is 6.63. The van der Waals surface area contributed by atoms with Crippen molar-refractivity contribution >= 4 is 11.6 Å². The van der Waals surface area contributed by atoms with Crippen molar-refractivity contribution in [2.24, 2.45) is 5.92 Å². The number of piperidine rings is 1. The van der Waals surface area contributed by atoms with Gasteiger partial charge >= 0.3 is 0 Å². The van der Waals surface area contributed by atoms with Gasteiger partial charge in [-0.15, -0.1) is 0 Å². The van der Waals surface area contributed by atoms with Crippen LogP contribution in [0.25, 0.3) is 0 Å². The molecular formula is C20H25N3O. The highest BCUT2D eigenvalue weighted by molar-refractivity contribution is 5.93. The van der Waals surface area contributed by atoms with Crippen LogP contribution in [0.15, 0.2) is 42.6 Å². The highest BCUT2D eigenvalue weighted by atomic mass is 16.1. The molecule has 1 saturated heterocycles. The van der Waals surface area contributed by atoms with E-state index >= 15 is 0 Å². The number of carbonyl (C=O) groups excluding carboxylic acids is 1. The Labute approximate surface area is 143 Å². The fourth-order valence-electron chi connectivity index (χ4n) is 3.25. The summed E-state index contributed by atoms with van der Waals surface area (Å²) in [5.41, 5.74) is 4.18. The summed E-state index contributed by atoms with van der Waals surface area (Å²) < 4.78 is 0. The summed E-state index contributed by atoms with van der Waals surface area (Å²) >= 11 is 0. The number of aromatic nitrogens is 1. The van der Waals surface area contributed by atoms with Gasteiger partial charge in [0.2, 0.25) is 5.91 Å². The van der Waals surface area contributed by atoms with Gasteiger partial charge in [-0.05, 0) is 62.6 Å². The van der Waals surface area contributed by atoms with E-state index in [-0.39, 0.29) is 17.9 Å².